The van der Waals surface area contributed by atoms with Crippen LogP contribution in [0.1, 0.15) is 41.0 Å². The smallest absolute Gasteiger partial charge is 0.345 e. The van der Waals surface area contributed by atoms with Gasteiger partial charge in [-0.3, -0.25) is 4.79 Å². The number of aryl methyl sites for hydroxylation is 1. The highest BCUT2D eigenvalue weighted by molar-refractivity contribution is 6.08. The fourth-order valence-corrected chi connectivity index (χ4v) is 3.24. The molecule has 0 fully saturated rings. The number of aromatic nitrogens is 1. The van der Waals surface area contributed by atoms with Crippen LogP contribution in [-0.2, 0) is 11.3 Å². The SMILES string of the molecule is Cc1ccc(C(=O)c2cccn2C/C=C/c2cccc(O[C@H](C(=O)O)C(C)C)c2)cc1. The van der Waals surface area contributed by atoms with E-state index in [9.17, 15) is 14.7 Å². The Bertz CT molecular complexity index is 1080. The molecule has 1 atom stereocenters. The monoisotopic (exact) mass is 417 g/mol. The molecule has 0 bridgehead atoms. The first kappa shape index (κ1) is 22.1. The molecule has 0 aliphatic carbocycles. The fraction of sp³-hybridized carbons (Fsp3) is 0.231. The summed E-state index contributed by atoms with van der Waals surface area (Å²) in [6.45, 7) is 6.16. The van der Waals surface area contributed by atoms with E-state index in [-0.39, 0.29) is 11.7 Å². The second kappa shape index (κ2) is 9.94. The number of hydrogen-bond acceptors (Lipinski definition) is 3. The van der Waals surface area contributed by atoms with E-state index in [1.807, 2.05) is 98.3 Å². The van der Waals surface area contributed by atoms with Crippen LogP contribution >= 0.6 is 0 Å². The van der Waals surface area contributed by atoms with Crippen LogP contribution in [0, 0.1) is 12.8 Å². The molecule has 5 heteroatoms. The minimum absolute atomic E-state index is 0.0119. The summed E-state index contributed by atoms with van der Waals surface area (Å²) in [6, 6.07) is 18.6. The van der Waals surface area contributed by atoms with Crippen LogP contribution in [0.3, 0.4) is 0 Å². The molecule has 160 valence electrons. The maximum atomic E-state index is 12.8. The van der Waals surface area contributed by atoms with Crippen LogP contribution in [0.4, 0.5) is 0 Å². The molecule has 31 heavy (non-hydrogen) atoms. The van der Waals surface area contributed by atoms with Gasteiger partial charge in [-0.2, -0.15) is 0 Å². The summed E-state index contributed by atoms with van der Waals surface area (Å²) in [4.78, 5) is 24.2. The number of benzene rings is 2. The molecule has 1 aromatic heterocycles. The average molecular weight is 418 g/mol. The van der Waals surface area contributed by atoms with Gasteiger partial charge in [0, 0.05) is 24.2 Å². The molecule has 2 aromatic carbocycles. The minimum atomic E-state index is -0.977. The Labute approximate surface area is 182 Å². The van der Waals surface area contributed by atoms with Crippen LogP contribution in [0.2, 0.25) is 0 Å². The Morgan fingerprint density at radius 3 is 2.48 bits per heavy atom. The molecule has 5 nitrogen and oxygen atoms in total. The first-order valence-electron chi connectivity index (χ1n) is 10.3. The van der Waals surface area contributed by atoms with Gasteiger partial charge in [0.15, 0.2) is 6.10 Å². The van der Waals surface area contributed by atoms with Crippen molar-refractivity contribution in [1.29, 1.82) is 0 Å². The highest BCUT2D eigenvalue weighted by Gasteiger charge is 2.23. The minimum Gasteiger partial charge on any atom is -0.478 e. The number of hydrogen-bond donors (Lipinski definition) is 1. The maximum Gasteiger partial charge on any atom is 0.345 e. The Hall–Kier alpha value is -3.60. The van der Waals surface area contributed by atoms with Gasteiger partial charge in [-0.05, 0) is 36.8 Å². The number of ether oxygens (including phenoxy) is 1. The zero-order valence-electron chi connectivity index (χ0n) is 18.0. The van der Waals surface area contributed by atoms with Crippen molar-refractivity contribution in [2.45, 2.75) is 33.4 Å². The van der Waals surface area contributed by atoms with Crippen LogP contribution in [0.5, 0.6) is 5.75 Å². The predicted molar refractivity (Wildman–Crippen MR) is 121 cm³/mol. The quantitative estimate of drug-likeness (QED) is 0.484. The normalized spacial score (nSPS) is 12.3. The van der Waals surface area contributed by atoms with E-state index in [4.69, 9.17) is 4.74 Å². The summed E-state index contributed by atoms with van der Waals surface area (Å²) in [5.74, 6) is -0.620. The summed E-state index contributed by atoms with van der Waals surface area (Å²) in [5, 5.41) is 9.32. The Balaban J connectivity index is 1.69. The Kier molecular flexibility index (Phi) is 7.08. The third-order valence-electron chi connectivity index (χ3n) is 4.96. The average Bonchev–Trinajstić information content (AvgIpc) is 3.20. The maximum absolute atomic E-state index is 12.8. The molecule has 0 amide bonds. The zero-order valence-corrected chi connectivity index (χ0v) is 18.0. The molecule has 0 aliphatic heterocycles. The van der Waals surface area contributed by atoms with E-state index >= 15 is 0 Å². The van der Waals surface area contributed by atoms with Crippen LogP contribution < -0.4 is 4.74 Å². The summed E-state index contributed by atoms with van der Waals surface area (Å²) in [7, 11) is 0. The Morgan fingerprint density at radius 1 is 1.06 bits per heavy atom. The number of carboxylic acids is 1. The van der Waals surface area contributed by atoms with Crippen molar-refractivity contribution in [1.82, 2.24) is 4.57 Å². The van der Waals surface area contributed by atoms with Crippen LogP contribution in [0.25, 0.3) is 6.08 Å². The molecule has 0 radical (unpaired) electrons. The standard InChI is InChI=1S/C26H27NO4/c1-18(2)25(26(29)30)31-22-9-4-7-20(17-22)8-5-15-27-16-6-10-23(27)24(28)21-13-11-19(3)12-14-21/h4-14,16-18,25H,15H2,1-3H3,(H,29,30)/b8-5+/t25-/m0/s1. The first-order chi connectivity index (χ1) is 14.8. The van der Waals surface area contributed by atoms with E-state index in [0.717, 1.165) is 11.1 Å². The van der Waals surface area contributed by atoms with Crippen molar-refractivity contribution in [3.05, 3.63) is 95.3 Å². The van der Waals surface area contributed by atoms with Gasteiger partial charge in [-0.1, -0.05) is 68.0 Å². The number of ketones is 1. The van der Waals surface area contributed by atoms with Crippen molar-refractivity contribution >= 4 is 17.8 Å². The van der Waals surface area contributed by atoms with Gasteiger partial charge in [0.05, 0.1) is 5.69 Å². The summed E-state index contributed by atoms with van der Waals surface area (Å²) in [5.41, 5.74) is 3.30. The number of carboxylic acid groups (broad SMARTS) is 1. The van der Waals surface area contributed by atoms with Crippen molar-refractivity contribution in [2.75, 3.05) is 0 Å². The molecule has 0 spiro atoms. The summed E-state index contributed by atoms with van der Waals surface area (Å²) in [6.07, 6.45) is 4.88. The Morgan fingerprint density at radius 2 is 1.81 bits per heavy atom. The van der Waals surface area contributed by atoms with Gasteiger partial charge in [0.1, 0.15) is 5.75 Å². The summed E-state index contributed by atoms with van der Waals surface area (Å²) >= 11 is 0. The molecule has 0 saturated heterocycles. The number of nitrogens with zero attached hydrogens (tertiary/aromatic N) is 1. The highest BCUT2D eigenvalue weighted by atomic mass is 16.5. The molecule has 1 N–H and O–H groups in total. The van der Waals surface area contributed by atoms with E-state index in [1.54, 1.807) is 6.07 Å². The number of aliphatic carboxylic acids is 1. The lowest BCUT2D eigenvalue weighted by Gasteiger charge is -2.18. The van der Waals surface area contributed by atoms with E-state index in [0.29, 0.717) is 23.6 Å². The first-order valence-corrected chi connectivity index (χ1v) is 10.3. The van der Waals surface area contributed by atoms with Gasteiger partial charge >= 0.3 is 5.97 Å². The van der Waals surface area contributed by atoms with Crippen LogP contribution in [0.15, 0.2) is 72.9 Å². The largest absolute Gasteiger partial charge is 0.478 e. The van der Waals surface area contributed by atoms with Crippen molar-refractivity contribution in [3.8, 4) is 5.75 Å². The zero-order chi connectivity index (χ0) is 22.4. The summed E-state index contributed by atoms with van der Waals surface area (Å²) < 4.78 is 7.56. The molecule has 0 unspecified atom stereocenters. The molecular formula is C26H27NO4. The lowest BCUT2D eigenvalue weighted by atomic mass is 10.1. The van der Waals surface area contributed by atoms with Gasteiger partial charge < -0.3 is 14.4 Å². The van der Waals surface area contributed by atoms with E-state index in [2.05, 4.69) is 0 Å². The highest BCUT2D eigenvalue weighted by Crippen LogP contribution is 2.19. The number of carbonyl (C=O) groups is 2. The molecule has 3 aromatic rings. The third-order valence-corrected chi connectivity index (χ3v) is 4.96. The topological polar surface area (TPSA) is 68.5 Å². The van der Waals surface area contributed by atoms with Gasteiger partial charge in [-0.25, -0.2) is 4.79 Å². The second-order valence-corrected chi connectivity index (χ2v) is 7.84. The van der Waals surface area contributed by atoms with Crippen LogP contribution in [-0.4, -0.2) is 27.5 Å². The third kappa shape index (κ3) is 5.72. The van der Waals surface area contributed by atoms with Crippen molar-refractivity contribution in [3.63, 3.8) is 0 Å². The van der Waals surface area contributed by atoms with Crippen molar-refractivity contribution < 1.29 is 19.4 Å². The molecule has 1 heterocycles. The molecule has 0 saturated carbocycles. The molecule has 3 rings (SSSR count). The number of rotatable bonds is 9. The van der Waals surface area contributed by atoms with Crippen molar-refractivity contribution in [2.24, 2.45) is 5.92 Å². The fourth-order valence-electron chi connectivity index (χ4n) is 3.24. The van der Waals surface area contributed by atoms with Gasteiger partial charge in [-0.15, -0.1) is 0 Å². The van der Waals surface area contributed by atoms with Gasteiger partial charge in [0.2, 0.25) is 5.78 Å². The van der Waals surface area contributed by atoms with E-state index in [1.165, 1.54) is 0 Å². The molecular weight excluding hydrogens is 390 g/mol. The number of allylic oxidation sites excluding steroid dienone is 1. The lowest BCUT2D eigenvalue weighted by molar-refractivity contribution is -0.147. The predicted octanol–water partition coefficient (Wildman–Crippen LogP) is 5.23. The van der Waals surface area contributed by atoms with E-state index < -0.39 is 12.1 Å². The number of carbonyl (C=O) groups excluding carboxylic acids is 1. The lowest BCUT2D eigenvalue weighted by Crippen LogP contribution is -2.32. The second-order valence-electron chi connectivity index (χ2n) is 7.84. The van der Waals surface area contributed by atoms with Gasteiger partial charge in [0.25, 0.3) is 0 Å². The molecule has 0 aliphatic rings.